The lowest BCUT2D eigenvalue weighted by Gasteiger charge is -2.21. The molecule has 0 aliphatic rings. The van der Waals surface area contributed by atoms with E-state index in [1.807, 2.05) is 40.9 Å². The van der Waals surface area contributed by atoms with Gasteiger partial charge in [-0.2, -0.15) is 5.10 Å². The maximum atomic E-state index is 11.6. The van der Waals surface area contributed by atoms with E-state index < -0.39 is 5.60 Å². The highest BCUT2D eigenvalue weighted by atomic mass is 16.6. The molecule has 23 heavy (non-hydrogen) atoms. The lowest BCUT2D eigenvalue weighted by atomic mass is 10.1. The van der Waals surface area contributed by atoms with Crippen LogP contribution in [-0.4, -0.2) is 47.8 Å². The second-order valence-corrected chi connectivity index (χ2v) is 6.67. The average Bonchev–Trinajstić information content (AvgIpc) is 2.71. The summed E-state index contributed by atoms with van der Waals surface area (Å²) in [5.41, 5.74) is 1.50. The molecule has 0 fully saturated rings. The van der Waals surface area contributed by atoms with E-state index in [1.54, 1.807) is 11.8 Å². The first kappa shape index (κ1) is 19.3. The molecule has 0 saturated heterocycles. The highest BCUT2D eigenvalue weighted by molar-refractivity contribution is 5.67. The molecule has 1 rings (SSSR count). The SMILES string of the molecule is COCC(CCCNC(=O)OC(C)(C)C)Nc1cn(C)nc1C. The van der Waals surface area contributed by atoms with Crippen LogP contribution < -0.4 is 10.6 Å². The van der Waals surface area contributed by atoms with E-state index in [9.17, 15) is 4.79 Å². The predicted octanol–water partition coefficient (Wildman–Crippen LogP) is 2.46. The Morgan fingerprint density at radius 3 is 2.65 bits per heavy atom. The van der Waals surface area contributed by atoms with Crippen molar-refractivity contribution in [2.75, 3.05) is 25.6 Å². The van der Waals surface area contributed by atoms with Gasteiger partial charge in [-0.05, 0) is 40.5 Å². The summed E-state index contributed by atoms with van der Waals surface area (Å²) in [7, 11) is 3.58. The normalized spacial score (nSPS) is 12.8. The van der Waals surface area contributed by atoms with Crippen LogP contribution in [0.1, 0.15) is 39.3 Å². The molecule has 1 unspecified atom stereocenters. The lowest BCUT2D eigenvalue weighted by Crippen LogP contribution is -2.34. The van der Waals surface area contributed by atoms with E-state index in [4.69, 9.17) is 9.47 Å². The van der Waals surface area contributed by atoms with Crippen molar-refractivity contribution in [3.63, 3.8) is 0 Å². The minimum absolute atomic E-state index is 0.170. The number of hydrogen-bond donors (Lipinski definition) is 2. The van der Waals surface area contributed by atoms with Gasteiger partial charge in [-0.15, -0.1) is 0 Å². The fourth-order valence-corrected chi connectivity index (χ4v) is 2.21. The fourth-order valence-electron chi connectivity index (χ4n) is 2.21. The van der Waals surface area contributed by atoms with Gasteiger partial charge in [0.25, 0.3) is 0 Å². The second kappa shape index (κ2) is 8.76. The number of rotatable bonds is 8. The Morgan fingerprint density at radius 1 is 1.43 bits per heavy atom. The van der Waals surface area contributed by atoms with Crippen LogP contribution in [0.4, 0.5) is 10.5 Å². The Hall–Kier alpha value is -1.76. The minimum Gasteiger partial charge on any atom is -0.444 e. The molecule has 2 N–H and O–H groups in total. The van der Waals surface area contributed by atoms with Crippen LogP contribution in [0.15, 0.2) is 6.20 Å². The first-order valence-electron chi connectivity index (χ1n) is 7.94. The molecule has 7 nitrogen and oxygen atoms in total. The molecule has 1 heterocycles. The summed E-state index contributed by atoms with van der Waals surface area (Å²) in [4.78, 5) is 11.6. The zero-order chi connectivity index (χ0) is 17.5. The van der Waals surface area contributed by atoms with Gasteiger partial charge in [-0.25, -0.2) is 4.79 Å². The molecule has 1 aromatic rings. The summed E-state index contributed by atoms with van der Waals surface area (Å²) in [5.74, 6) is 0. The molecule has 0 aliphatic heterocycles. The van der Waals surface area contributed by atoms with Gasteiger partial charge >= 0.3 is 6.09 Å². The molecule has 0 spiro atoms. The van der Waals surface area contributed by atoms with Crippen molar-refractivity contribution < 1.29 is 14.3 Å². The summed E-state index contributed by atoms with van der Waals surface area (Å²) < 4.78 is 12.3. The number of methoxy groups -OCH3 is 1. The van der Waals surface area contributed by atoms with Crippen molar-refractivity contribution >= 4 is 11.8 Å². The van der Waals surface area contributed by atoms with Gasteiger partial charge in [0.15, 0.2) is 0 Å². The van der Waals surface area contributed by atoms with E-state index in [0.717, 1.165) is 24.2 Å². The third-order valence-corrected chi connectivity index (χ3v) is 3.14. The zero-order valence-electron chi connectivity index (χ0n) is 15.1. The van der Waals surface area contributed by atoms with Crippen molar-refractivity contribution in [3.8, 4) is 0 Å². The van der Waals surface area contributed by atoms with Gasteiger partial charge in [0.05, 0.1) is 18.0 Å². The highest BCUT2D eigenvalue weighted by Crippen LogP contribution is 2.15. The maximum Gasteiger partial charge on any atom is 0.407 e. The number of carbonyl (C=O) groups excluding carboxylic acids is 1. The summed E-state index contributed by atoms with van der Waals surface area (Å²) in [6.07, 6.45) is 3.28. The molecule has 1 atom stereocenters. The zero-order valence-corrected chi connectivity index (χ0v) is 15.1. The van der Waals surface area contributed by atoms with Gasteiger partial charge in [0.1, 0.15) is 5.60 Å². The second-order valence-electron chi connectivity index (χ2n) is 6.67. The third kappa shape index (κ3) is 7.88. The minimum atomic E-state index is -0.470. The number of hydrogen-bond acceptors (Lipinski definition) is 5. The van der Waals surface area contributed by atoms with Crippen molar-refractivity contribution in [1.29, 1.82) is 0 Å². The summed E-state index contributed by atoms with van der Waals surface area (Å²) >= 11 is 0. The number of amides is 1. The van der Waals surface area contributed by atoms with E-state index in [0.29, 0.717) is 13.2 Å². The Bertz CT molecular complexity index is 494. The number of ether oxygens (including phenoxy) is 2. The summed E-state index contributed by atoms with van der Waals surface area (Å²) in [6.45, 7) is 8.68. The van der Waals surface area contributed by atoms with Gasteiger partial charge < -0.3 is 20.1 Å². The first-order chi connectivity index (χ1) is 10.7. The van der Waals surface area contributed by atoms with E-state index >= 15 is 0 Å². The molecule has 0 radical (unpaired) electrons. The largest absolute Gasteiger partial charge is 0.444 e. The molecule has 0 aromatic carbocycles. The number of nitrogens with one attached hydrogen (secondary N) is 2. The molecule has 0 aliphatic carbocycles. The topological polar surface area (TPSA) is 77.4 Å². The van der Waals surface area contributed by atoms with Crippen molar-refractivity contribution in [2.45, 2.75) is 52.2 Å². The van der Waals surface area contributed by atoms with Crippen LogP contribution in [0.5, 0.6) is 0 Å². The van der Waals surface area contributed by atoms with E-state index in [-0.39, 0.29) is 12.1 Å². The highest BCUT2D eigenvalue weighted by Gasteiger charge is 2.16. The van der Waals surface area contributed by atoms with Crippen molar-refractivity contribution in [1.82, 2.24) is 15.1 Å². The summed E-state index contributed by atoms with van der Waals surface area (Å²) in [6, 6.07) is 0.170. The maximum absolute atomic E-state index is 11.6. The smallest absolute Gasteiger partial charge is 0.407 e. The average molecular weight is 326 g/mol. The van der Waals surface area contributed by atoms with Gasteiger partial charge in [0.2, 0.25) is 0 Å². The third-order valence-electron chi connectivity index (χ3n) is 3.14. The van der Waals surface area contributed by atoms with Crippen molar-refractivity contribution in [2.24, 2.45) is 7.05 Å². The Kier molecular flexibility index (Phi) is 7.35. The number of alkyl carbamates (subject to hydrolysis) is 1. The number of aryl methyl sites for hydroxylation is 2. The molecule has 1 amide bonds. The van der Waals surface area contributed by atoms with Crippen LogP contribution in [0, 0.1) is 6.92 Å². The number of anilines is 1. The molecule has 1 aromatic heterocycles. The van der Waals surface area contributed by atoms with Gasteiger partial charge in [-0.1, -0.05) is 0 Å². The number of nitrogens with zero attached hydrogens (tertiary/aromatic N) is 2. The molecule has 7 heteroatoms. The Balaban J connectivity index is 2.36. The predicted molar refractivity (Wildman–Crippen MR) is 90.7 cm³/mol. The molecular formula is C16H30N4O3. The quantitative estimate of drug-likeness (QED) is 0.718. The summed E-state index contributed by atoms with van der Waals surface area (Å²) in [5, 5.41) is 10.5. The molecule has 0 saturated carbocycles. The van der Waals surface area contributed by atoms with Crippen LogP contribution in [-0.2, 0) is 16.5 Å². The van der Waals surface area contributed by atoms with Crippen LogP contribution in [0.2, 0.25) is 0 Å². The van der Waals surface area contributed by atoms with E-state index in [1.165, 1.54) is 0 Å². The fraction of sp³-hybridized carbons (Fsp3) is 0.750. The monoisotopic (exact) mass is 326 g/mol. The van der Waals surface area contributed by atoms with Crippen LogP contribution >= 0.6 is 0 Å². The number of carbonyl (C=O) groups is 1. The molecule has 0 bridgehead atoms. The van der Waals surface area contributed by atoms with Gasteiger partial charge in [0, 0.05) is 32.9 Å². The Labute approximate surface area is 138 Å². The van der Waals surface area contributed by atoms with Crippen LogP contribution in [0.3, 0.4) is 0 Å². The van der Waals surface area contributed by atoms with Crippen LogP contribution in [0.25, 0.3) is 0 Å². The standard InChI is InChI=1S/C16H30N4O3/c1-12-14(10-20(5)19-12)18-13(11-22-6)8-7-9-17-15(21)23-16(2,3)4/h10,13,18H,7-9,11H2,1-6H3,(H,17,21). The Morgan fingerprint density at radius 2 is 2.13 bits per heavy atom. The lowest BCUT2D eigenvalue weighted by molar-refractivity contribution is 0.0526. The number of aromatic nitrogens is 2. The molecular weight excluding hydrogens is 296 g/mol. The first-order valence-corrected chi connectivity index (χ1v) is 7.94. The van der Waals surface area contributed by atoms with E-state index in [2.05, 4.69) is 15.7 Å². The van der Waals surface area contributed by atoms with Gasteiger partial charge in [-0.3, -0.25) is 4.68 Å². The molecule has 132 valence electrons. The van der Waals surface area contributed by atoms with Crippen molar-refractivity contribution in [3.05, 3.63) is 11.9 Å².